The molecule has 0 aliphatic carbocycles. The normalized spacial score (nSPS) is 14.0. The summed E-state index contributed by atoms with van der Waals surface area (Å²) in [5.41, 5.74) is 8.49. The van der Waals surface area contributed by atoms with E-state index in [0.29, 0.717) is 23.0 Å². The second-order valence-corrected chi connectivity index (χ2v) is 6.27. The van der Waals surface area contributed by atoms with Crippen molar-refractivity contribution in [1.82, 2.24) is 0 Å². The molecule has 3 N–H and O–H groups in total. The zero-order valence-corrected chi connectivity index (χ0v) is 13.5. The lowest BCUT2D eigenvalue weighted by Gasteiger charge is -2.32. The topological polar surface area (TPSA) is 46.2 Å². The molecule has 0 saturated carbocycles. The van der Waals surface area contributed by atoms with E-state index in [1.54, 1.807) is 12.1 Å². The summed E-state index contributed by atoms with van der Waals surface area (Å²) in [6, 6.07) is 13.4. The molecule has 0 bridgehead atoms. The average Bonchev–Trinajstić information content (AvgIpc) is 2.48. The maximum absolute atomic E-state index is 9.99. The molecular formula is C17H19Cl2NO. The van der Waals surface area contributed by atoms with Gasteiger partial charge in [0.1, 0.15) is 0 Å². The van der Waals surface area contributed by atoms with Crippen molar-refractivity contribution in [3.63, 3.8) is 0 Å². The number of aryl methyl sites for hydroxylation is 1. The van der Waals surface area contributed by atoms with Crippen LogP contribution in [-0.2, 0) is 11.8 Å². The Bertz CT molecular complexity index is 624. The zero-order valence-electron chi connectivity index (χ0n) is 11.9. The number of benzene rings is 2. The quantitative estimate of drug-likeness (QED) is 0.880. The lowest BCUT2D eigenvalue weighted by Crippen LogP contribution is -2.41. The SMILES string of the molecule is Cc1cccc(C(CN)(CO)Cc2cc(Cl)ccc2Cl)c1. The Hall–Kier alpha value is -1.06. The minimum absolute atomic E-state index is 0.0458. The van der Waals surface area contributed by atoms with E-state index in [-0.39, 0.29) is 6.61 Å². The third-order valence-corrected chi connectivity index (χ3v) is 4.46. The number of hydrogen-bond donors (Lipinski definition) is 2. The van der Waals surface area contributed by atoms with Crippen LogP contribution < -0.4 is 5.73 Å². The second-order valence-electron chi connectivity index (χ2n) is 5.42. The first-order chi connectivity index (χ1) is 10.0. The van der Waals surface area contributed by atoms with Crippen molar-refractivity contribution in [2.45, 2.75) is 18.8 Å². The van der Waals surface area contributed by atoms with Gasteiger partial charge in [-0.1, -0.05) is 53.0 Å². The van der Waals surface area contributed by atoms with Gasteiger partial charge in [-0.15, -0.1) is 0 Å². The fourth-order valence-corrected chi connectivity index (χ4v) is 2.90. The summed E-state index contributed by atoms with van der Waals surface area (Å²) in [5.74, 6) is 0. The van der Waals surface area contributed by atoms with E-state index in [2.05, 4.69) is 6.07 Å². The summed E-state index contributed by atoms with van der Waals surface area (Å²) < 4.78 is 0. The Morgan fingerprint density at radius 2 is 1.90 bits per heavy atom. The van der Waals surface area contributed by atoms with E-state index < -0.39 is 5.41 Å². The van der Waals surface area contributed by atoms with E-state index in [1.165, 1.54) is 0 Å². The Morgan fingerprint density at radius 1 is 1.14 bits per heavy atom. The minimum atomic E-state index is -0.555. The zero-order chi connectivity index (χ0) is 15.5. The molecular weight excluding hydrogens is 305 g/mol. The molecule has 0 heterocycles. The molecule has 0 spiro atoms. The second kappa shape index (κ2) is 6.80. The van der Waals surface area contributed by atoms with Crippen LogP contribution in [0.5, 0.6) is 0 Å². The van der Waals surface area contributed by atoms with E-state index in [4.69, 9.17) is 28.9 Å². The van der Waals surface area contributed by atoms with Gasteiger partial charge in [-0.25, -0.2) is 0 Å². The molecule has 4 heteroatoms. The molecule has 0 radical (unpaired) electrons. The molecule has 0 saturated heterocycles. The molecule has 21 heavy (non-hydrogen) atoms. The Kier molecular flexibility index (Phi) is 5.28. The molecule has 2 aromatic carbocycles. The molecule has 0 fully saturated rings. The average molecular weight is 324 g/mol. The number of nitrogens with two attached hydrogens (primary N) is 1. The highest BCUT2D eigenvalue weighted by Crippen LogP contribution is 2.32. The molecule has 2 aromatic rings. The Balaban J connectivity index is 2.45. The molecule has 1 atom stereocenters. The smallest absolute Gasteiger partial charge is 0.0543 e. The molecule has 0 aliphatic rings. The van der Waals surface area contributed by atoms with Crippen molar-refractivity contribution < 1.29 is 5.11 Å². The summed E-state index contributed by atoms with van der Waals surface area (Å²) in [6.45, 7) is 2.31. The molecule has 112 valence electrons. The van der Waals surface area contributed by atoms with E-state index in [9.17, 15) is 5.11 Å². The predicted molar refractivity (Wildman–Crippen MR) is 89.2 cm³/mol. The molecule has 0 aromatic heterocycles. The predicted octanol–water partition coefficient (Wildman–Crippen LogP) is 3.73. The van der Waals surface area contributed by atoms with Crippen molar-refractivity contribution in [2.75, 3.05) is 13.2 Å². The monoisotopic (exact) mass is 323 g/mol. The van der Waals surface area contributed by atoms with Gasteiger partial charge in [-0.3, -0.25) is 0 Å². The van der Waals surface area contributed by atoms with Crippen molar-refractivity contribution in [2.24, 2.45) is 5.73 Å². The fraction of sp³-hybridized carbons (Fsp3) is 0.294. The maximum Gasteiger partial charge on any atom is 0.0543 e. The fourth-order valence-electron chi connectivity index (χ4n) is 2.52. The van der Waals surface area contributed by atoms with Crippen LogP contribution >= 0.6 is 23.2 Å². The van der Waals surface area contributed by atoms with E-state index >= 15 is 0 Å². The van der Waals surface area contributed by atoms with Crippen LogP contribution in [-0.4, -0.2) is 18.3 Å². The van der Waals surface area contributed by atoms with Crippen LogP contribution in [0.2, 0.25) is 10.0 Å². The van der Waals surface area contributed by atoms with Gasteiger partial charge in [-0.2, -0.15) is 0 Å². The van der Waals surface area contributed by atoms with Gasteiger partial charge >= 0.3 is 0 Å². The lowest BCUT2D eigenvalue weighted by molar-refractivity contribution is 0.196. The van der Waals surface area contributed by atoms with Gasteiger partial charge in [0.05, 0.1) is 6.61 Å². The van der Waals surface area contributed by atoms with Gasteiger partial charge in [-0.05, 0) is 42.7 Å². The lowest BCUT2D eigenvalue weighted by atomic mass is 9.76. The maximum atomic E-state index is 9.99. The first-order valence-corrected chi connectivity index (χ1v) is 7.58. The Labute approximate surface area is 135 Å². The summed E-state index contributed by atoms with van der Waals surface area (Å²) >= 11 is 12.3. The van der Waals surface area contributed by atoms with Gasteiger partial charge in [0.25, 0.3) is 0 Å². The van der Waals surface area contributed by atoms with Gasteiger partial charge < -0.3 is 10.8 Å². The highest BCUT2D eigenvalue weighted by Gasteiger charge is 2.31. The summed E-state index contributed by atoms with van der Waals surface area (Å²) in [7, 11) is 0. The highest BCUT2D eigenvalue weighted by atomic mass is 35.5. The van der Waals surface area contributed by atoms with Crippen molar-refractivity contribution in [3.05, 3.63) is 69.2 Å². The number of rotatable bonds is 5. The largest absolute Gasteiger partial charge is 0.395 e. The standard InChI is InChI=1S/C17H19Cl2NO/c1-12-3-2-4-14(7-12)17(10-20,11-21)9-13-8-15(18)5-6-16(13)19/h2-8,21H,9-11,20H2,1H3. The molecule has 0 aliphatic heterocycles. The Morgan fingerprint density at radius 3 is 2.52 bits per heavy atom. The molecule has 2 rings (SSSR count). The van der Waals surface area contributed by atoms with Crippen molar-refractivity contribution in [1.29, 1.82) is 0 Å². The van der Waals surface area contributed by atoms with Crippen molar-refractivity contribution in [3.8, 4) is 0 Å². The summed E-state index contributed by atoms with van der Waals surface area (Å²) in [4.78, 5) is 0. The summed E-state index contributed by atoms with van der Waals surface area (Å²) in [6.07, 6.45) is 0.544. The van der Waals surface area contributed by atoms with Crippen LogP contribution in [0.25, 0.3) is 0 Å². The minimum Gasteiger partial charge on any atom is -0.395 e. The first kappa shape index (κ1) is 16.3. The van der Waals surface area contributed by atoms with Crippen LogP contribution in [0, 0.1) is 6.92 Å². The highest BCUT2D eigenvalue weighted by molar-refractivity contribution is 6.33. The molecule has 2 nitrogen and oxygen atoms in total. The van der Waals surface area contributed by atoms with E-state index in [1.807, 2.05) is 31.2 Å². The van der Waals surface area contributed by atoms with Crippen LogP contribution in [0.3, 0.4) is 0 Å². The van der Waals surface area contributed by atoms with Gasteiger partial charge in [0.2, 0.25) is 0 Å². The van der Waals surface area contributed by atoms with Crippen LogP contribution in [0.15, 0.2) is 42.5 Å². The third-order valence-electron chi connectivity index (χ3n) is 3.86. The summed E-state index contributed by atoms with van der Waals surface area (Å²) in [5, 5.41) is 11.3. The molecule has 0 amide bonds. The number of hydrogen-bond acceptors (Lipinski definition) is 2. The van der Waals surface area contributed by atoms with Gasteiger partial charge in [0, 0.05) is 22.0 Å². The van der Waals surface area contributed by atoms with Gasteiger partial charge in [0.15, 0.2) is 0 Å². The van der Waals surface area contributed by atoms with E-state index in [0.717, 1.165) is 16.7 Å². The number of halogens is 2. The van der Waals surface area contributed by atoms with Crippen LogP contribution in [0.1, 0.15) is 16.7 Å². The first-order valence-electron chi connectivity index (χ1n) is 6.83. The third kappa shape index (κ3) is 3.58. The number of aliphatic hydroxyl groups is 1. The number of aliphatic hydroxyl groups excluding tert-OH is 1. The van der Waals surface area contributed by atoms with Crippen LogP contribution in [0.4, 0.5) is 0 Å². The molecule has 1 unspecified atom stereocenters. The van der Waals surface area contributed by atoms with Crippen molar-refractivity contribution >= 4 is 23.2 Å².